The molecule has 0 aliphatic heterocycles. The van der Waals surface area contributed by atoms with Gasteiger partial charge in [0.05, 0.1) is 0 Å². The molecule has 1 aliphatic rings. The minimum Gasteiger partial charge on any atom is -0.330 e. The lowest BCUT2D eigenvalue weighted by molar-refractivity contribution is 0.252. The summed E-state index contributed by atoms with van der Waals surface area (Å²) in [7, 11) is 0. The van der Waals surface area contributed by atoms with Gasteiger partial charge in [0.25, 0.3) is 0 Å². The van der Waals surface area contributed by atoms with E-state index in [-0.39, 0.29) is 11.2 Å². The summed E-state index contributed by atoms with van der Waals surface area (Å²) in [6.45, 7) is 0.614. The standard InChI is InChI=1S/C11H13BrFN/c12-9-4-8(5-10(13)6-9)11(7-14)2-1-3-11/h4-6H,1-3,7,14H2. The van der Waals surface area contributed by atoms with Gasteiger partial charge in [-0.25, -0.2) is 4.39 Å². The third-order valence-corrected chi connectivity index (χ3v) is 3.63. The quantitative estimate of drug-likeness (QED) is 0.867. The van der Waals surface area contributed by atoms with Gasteiger partial charge in [-0.2, -0.15) is 0 Å². The van der Waals surface area contributed by atoms with Crippen LogP contribution >= 0.6 is 15.9 Å². The summed E-state index contributed by atoms with van der Waals surface area (Å²) in [6, 6.07) is 5.07. The Morgan fingerprint density at radius 2 is 2.07 bits per heavy atom. The van der Waals surface area contributed by atoms with Gasteiger partial charge < -0.3 is 5.73 Å². The van der Waals surface area contributed by atoms with E-state index in [0.29, 0.717) is 6.54 Å². The molecular weight excluding hydrogens is 245 g/mol. The fourth-order valence-corrected chi connectivity index (χ4v) is 2.54. The van der Waals surface area contributed by atoms with Gasteiger partial charge in [-0.05, 0) is 36.6 Å². The number of hydrogen-bond acceptors (Lipinski definition) is 1. The Bertz CT molecular complexity index is 321. The number of benzene rings is 1. The molecule has 2 rings (SSSR count). The lowest BCUT2D eigenvalue weighted by atomic mass is 9.64. The van der Waals surface area contributed by atoms with Gasteiger partial charge >= 0.3 is 0 Å². The summed E-state index contributed by atoms with van der Waals surface area (Å²) >= 11 is 3.31. The number of nitrogens with two attached hydrogens (primary N) is 1. The van der Waals surface area contributed by atoms with Crippen LogP contribution in [-0.2, 0) is 5.41 Å². The Kier molecular flexibility index (Phi) is 2.62. The van der Waals surface area contributed by atoms with Crippen molar-refractivity contribution >= 4 is 15.9 Å². The molecule has 0 amide bonds. The van der Waals surface area contributed by atoms with Gasteiger partial charge in [-0.15, -0.1) is 0 Å². The van der Waals surface area contributed by atoms with Crippen molar-refractivity contribution in [2.75, 3.05) is 6.54 Å². The molecule has 0 radical (unpaired) electrons. The molecule has 1 aromatic rings. The second-order valence-electron chi connectivity index (χ2n) is 4.00. The summed E-state index contributed by atoms with van der Waals surface area (Å²) in [4.78, 5) is 0. The predicted octanol–water partition coefficient (Wildman–Crippen LogP) is 2.97. The molecule has 1 fully saturated rings. The fourth-order valence-electron chi connectivity index (χ4n) is 2.07. The maximum atomic E-state index is 13.2. The van der Waals surface area contributed by atoms with Crippen molar-refractivity contribution in [1.82, 2.24) is 0 Å². The highest BCUT2D eigenvalue weighted by Gasteiger charge is 2.37. The molecule has 2 N–H and O–H groups in total. The fraction of sp³-hybridized carbons (Fsp3) is 0.455. The van der Waals surface area contributed by atoms with Crippen LogP contribution in [0.4, 0.5) is 4.39 Å². The van der Waals surface area contributed by atoms with Gasteiger partial charge in [0.2, 0.25) is 0 Å². The Labute approximate surface area is 91.6 Å². The predicted molar refractivity (Wildman–Crippen MR) is 58.7 cm³/mol. The van der Waals surface area contributed by atoms with E-state index in [1.807, 2.05) is 6.07 Å². The first-order valence-corrected chi connectivity index (χ1v) is 5.62. The summed E-state index contributed by atoms with van der Waals surface area (Å²) in [5, 5.41) is 0. The molecule has 0 bridgehead atoms. The van der Waals surface area contributed by atoms with E-state index in [1.54, 1.807) is 6.07 Å². The Morgan fingerprint density at radius 3 is 2.50 bits per heavy atom. The van der Waals surface area contributed by atoms with E-state index >= 15 is 0 Å². The maximum Gasteiger partial charge on any atom is 0.124 e. The van der Waals surface area contributed by atoms with Gasteiger partial charge in [0, 0.05) is 16.4 Å². The van der Waals surface area contributed by atoms with E-state index in [0.717, 1.165) is 22.9 Å². The minimum atomic E-state index is -0.186. The Morgan fingerprint density at radius 1 is 1.36 bits per heavy atom. The van der Waals surface area contributed by atoms with Crippen LogP contribution in [0.3, 0.4) is 0 Å². The molecule has 1 saturated carbocycles. The smallest absolute Gasteiger partial charge is 0.124 e. The number of halogens is 2. The number of rotatable bonds is 2. The van der Waals surface area contributed by atoms with Crippen LogP contribution < -0.4 is 5.73 Å². The average molecular weight is 258 g/mol. The molecule has 1 aromatic carbocycles. The lowest BCUT2D eigenvalue weighted by Gasteiger charge is -2.41. The summed E-state index contributed by atoms with van der Waals surface area (Å²) < 4.78 is 14.0. The maximum absolute atomic E-state index is 13.2. The lowest BCUT2D eigenvalue weighted by Crippen LogP contribution is -2.41. The van der Waals surface area contributed by atoms with E-state index in [4.69, 9.17) is 5.73 Å². The summed E-state index contributed by atoms with van der Waals surface area (Å²) in [6.07, 6.45) is 3.37. The largest absolute Gasteiger partial charge is 0.330 e. The first kappa shape index (κ1) is 10.1. The van der Waals surface area contributed by atoms with Crippen molar-refractivity contribution in [3.05, 3.63) is 34.1 Å². The highest BCUT2D eigenvalue weighted by Crippen LogP contribution is 2.43. The molecule has 14 heavy (non-hydrogen) atoms. The van der Waals surface area contributed by atoms with Crippen LogP contribution in [-0.4, -0.2) is 6.54 Å². The first-order chi connectivity index (χ1) is 6.66. The van der Waals surface area contributed by atoms with Crippen LogP contribution in [0.2, 0.25) is 0 Å². The summed E-state index contributed by atoms with van der Waals surface area (Å²) in [5.41, 5.74) is 6.85. The molecule has 1 aliphatic carbocycles. The molecule has 0 heterocycles. The molecule has 3 heteroatoms. The van der Waals surface area contributed by atoms with Crippen molar-refractivity contribution in [1.29, 1.82) is 0 Å². The zero-order valence-corrected chi connectivity index (χ0v) is 9.48. The van der Waals surface area contributed by atoms with Crippen molar-refractivity contribution in [3.63, 3.8) is 0 Å². The average Bonchev–Trinajstić information content (AvgIpc) is 2.01. The zero-order chi connectivity index (χ0) is 10.2. The van der Waals surface area contributed by atoms with Crippen LogP contribution in [0.25, 0.3) is 0 Å². The molecule has 0 aromatic heterocycles. The van der Waals surface area contributed by atoms with E-state index in [1.165, 1.54) is 12.5 Å². The van der Waals surface area contributed by atoms with Crippen molar-refractivity contribution in [2.45, 2.75) is 24.7 Å². The highest BCUT2D eigenvalue weighted by atomic mass is 79.9. The normalized spacial score (nSPS) is 19.1. The monoisotopic (exact) mass is 257 g/mol. The van der Waals surface area contributed by atoms with Crippen molar-refractivity contribution in [3.8, 4) is 0 Å². The molecule has 0 unspecified atom stereocenters. The molecule has 0 atom stereocenters. The minimum absolute atomic E-state index is 0.0463. The van der Waals surface area contributed by atoms with Crippen molar-refractivity contribution < 1.29 is 4.39 Å². The van der Waals surface area contributed by atoms with Crippen LogP contribution in [0, 0.1) is 5.82 Å². The van der Waals surface area contributed by atoms with E-state index < -0.39 is 0 Å². The molecule has 76 valence electrons. The molecule has 0 saturated heterocycles. The SMILES string of the molecule is NCC1(c2cc(F)cc(Br)c2)CCC1. The third kappa shape index (κ3) is 1.59. The second-order valence-corrected chi connectivity index (χ2v) is 4.91. The number of hydrogen-bond donors (Lipinski definition) is 1. The zero-order valence-electron chi connectivity index (χ0n) is 7.89. The molecular formula is C11H13BrFN. The van der Waals surface area contributed by atoms with Crippen LogP contribution in [0.15, 0.2) is 22.7 Å². The Balaban J connectivity index is 2.39. The van der Waals surface area contributed by atoms with Crippen molar-refractivity contribution in [2.24, 2.45) is 5.73 Å². The van der Waals surface area contributed by atoms with Gasteiger partial charge in [-0.1, -0.05) is 22.4 Å². The summed E-state index contributed by atoms with van der Waals surface area (Å²) in [5.74, 6) is -0.186. The third-order valence-electron chi connectivity index (χ3n) is 3.18. The van der Waals surface area contributed by atoms with E-state index in [2.05, 4.69) is 15.9 Å². The first-order valence-electron chi connectivity index (χ1n) is 4.83. The Hall–Kier alpha value is -0.410. The van der Waals surface area contributed by atoms with Crippen LogP contribution in [0.5, 0.6) is 0 Å². The topological polar surface area (TPSA) is 26.0 Å². The van der Waals surface area contributed by atoms with Gasteiger partial charge in [-0.3, -0.25) is 0 Å². The molecule has 1 nitrogen and oxygen atoms in total. The van der Waals surface area contributed by atoms with Crippen LogP contribution in [0.1, 0.15) is 24.8 Å². The molecule has 0 spiro atoms. The van der Waals surface area contributed by atoms with Gasteiger partial charge in [0.15, 0.2) is 0 Å². The van der Waals surface area contributed by atoms with E-state index in [9.17, 15) is 4.39 Å². The van der Waals surface area contributed by atoms with Gasteiger partial charge in [0.1, 0.15) is 5.82 Å². The second kappa shape index (κ2) is 3.63. The highest BCUT2D eigenvalue weighted by molar-refractivity contribution is 9.10.